The summed E-state index contributed by atoms with van der Waals surface area (Å²) in [5.41, 5.74) is 2.09. The van der Waals surface area contributed by atoms with Gasteiger partial charge in [-0.1, -0.05) is 44.2 Å². The first-order valence-corrected chi connectivity index (χ1v) is 8.71. The maximum Gasteiger partial charge on any atom is 0.342 e. The van der Waals surface area contributed by atoms with Crippen LogP contribution in [0.1, 0.15) is 49.0 Å². The van der Waals surface area contributed by atoms with Crippen LogP contribution < -0.4 is 10.1 Å². The Bertz CT molecular complexity index is 772. The number of esters is 1. The molecule has 0 radical (unpaired) electrons. The molecule has 0 aromatic heterocycles. The van der Waals surface area contributed by atoms with Gasteiger partial charge in [0.2, 0.25) is 0 Å². The quantitative estimate of drug-likeness (QED) is 0.748. The van der Waals surface area contributed by atoms with Crippen molar-refractivity contribution in [1.29, 1.82) is 0 Å². The third-order valence-electron chi connectivity index (χ3n) is 4.34. The standard InChI is InChI=1S/C21H25NO4/c1-5-14(2)16-10-6-8-12-18(16)22-20(23)15(3)26-21(24)17-11-7-9-13-19(17)25-4/h6-15H,5H2,1-4H3,(H,22,23)/t14-,15+/m0/s1. The van der Waals surface area contributed by atoms with Gasteiger partial charge in [-0.15, -0.1) is 0 Å². The molecule has 0 unspecified atom stereocenters. The number of hydrogen-bond donors (Lipinski definition) is 1. The van der Waals surface area contributed by atoms with Crippen molar-refractivity contribution in [3.63, 3.8) is 0 Å². The second-order valence-electron chi connectivity index (χ2n) is 6.13. The van der Waals surface area contributed by atoms with Crippen LogP contribution >= 0.6 is 0 Å². The van der Waals surface area contributed by atoms with Crippen LogP contribution in [0.3, 0.4) is 0 Å². The fourth-order valence-corrected chi connectivity index (χ4v) is 2.59. The van der Waals surface area contributed by atoms with Crippen LogP contribution in [-0.4, -0.2) is 25.1 Å². The van der Waals surface area contributed by atoms with Crippen molar-refractivity contribution in [3.8, 4) is 5.75 Å². The van der Waals surface area contributed by atoms with E-state index in [0.717, 1.165) is 17.7 Å². The molecule has 0 aliphatic heterocycles. The Morgan fingerprint density at radius 2 is 1.69 bits per heavy atom. The average molecular weight is 355 g/mol. The number of benzene rings is 2. The van der Waals surface area contributed by atoms with Crippen molar-refractivity contribution in [2.75, 3.05) is 12.4 Å². The van der Waals surface area contributed by atoms with Crippen molar-refractivity contribution in [1.82, 2.24) is 0 Å². The van der Waals surface area contributed by atoms with E-state index in [2.05, 4.69) is 19.2 Å². The van der Waals surface area contributed by atoms with Crippen LogP contribution in [0.4, 0.5) is 5.69 Å². The highest BCUT2D eigenvalue weighted by atomic mass is 16.5. The molecular formula is C21H25NO4. The molecule has 2 rings (SSSR count). The number of carbonyl (C=O) groups is 2. The number of methoxy groups -OCH3 is 1. The molecule has 1 amide bonds. The third kappa shape index (κ3) is 4.63. The number of ether oxygens (including phenoxy) is 2. The van der Waals surface area contributed by atoms with Crippen LogP contribution in [0.25, 0.3) is 0 Å². The summed E-state index contributed by atoms with van der Waals surface area (Å²) in [4.78, 5) is 24.8. The maximum absolute atomic E-state index is 12.5. The van der Waals surface area contributed by atoms with Crippen LogP contribution in [0.15, 0.2) is 48.5 Å². The minimum atomic E-state index is -0.933. The molecule has 0 aliphatic carbocycles. The Kier molecular flexibility index (Phi) is 6.78. The van der Waals surface area contributed by atoms with Crippen LogP contribution in [0.2, 0.25) is 0 Å². The lowest BCUT2D eigenvalue weighted by Gasteiger charge is -2.18. The van der Waals surface area contributed by atoms with Crippen molar-refractivity contribution < 1.29 is 19.1 Å². The average Bonchev–Trinajstić information content (AvgIpc) is 2.67. The maximum atomic E-state index is 12.5. The molecule has 0 aliphatic rings. The molecule has 0 bridgehead atoms. The number of nitrogens with one attached hydrogen (secondary N) is 1. The van der Waals surface area contributed by atoms with Gasteiger partial charge >= 0.3 is 5.97 Å². The summed E-state index contributed by atoms with van der Waals surface area (Å²) >= 11 is 0. The first-order valence-electron chi connectivity index (χ1n) is 8.71. The molecule has 2 aromatic carbocycles. The lowest BCUT2D eigenvalue weighted by Crippen LogP contribution is -2.30. The zero-order chi connectivity index (χ0) is 19.1. The summed E-state index contributed by atoms with van der Waals surface area (Å²) < 4.78 is 10.5. The van der Waals surface area contributed by atoms with Crippen LogP contribution in [0.5, 0.6) is 5.75 Å². The van der Waals surface area contributed by atoms with Crippen molar-refractivity contribution in [3.05, 3.63) is 59.7 Å². The fourth-order valence-electron chi connectivity index (χ4n) is 2.59. The second-order valence-corrected chi connectivity index (χ2v) is 6.13. The van der Waals surface area contributed by atoms with Gasteiger partial charge in [0.1, 0.15) is 11.3 Å². The molecule has 0 saturated heterocycles. The van der Waals surface area contributed by atoms with Crippen molar-refractivity contribution in [2.24, 2.45) is 0 Å². The second kappa shape index (κ2) is 9.04. The number of para-hydroxylation sites is 2. The lowest BCUT2D eigenvalue weighted by atomic mass is 9.97. The highest BCUT2D eigenvalue weighted by molar-refractivity contribution is 5.98. The summed E-state index contributed by atoms with van der Waals surface area (Å²) in [6.07, 6.45) is 0.0306. The van der Waals surface area contributed by atoms with E-state index in [1.165, 1.54) is 7.11 Å². The Balaban J connectivity index is 2.08. The SMILES string of the molecule is CC[C@H](C)c1ccccc1NC(=O)[C@@H](C)OC(=O)c1ccccc1OC. The molecule has 0 fully saturated rings. The molecule has 1 N–H and O–H groups in total. The molecular weight excluding hydrogens is 330 g/mol. The number of hydrogen-bond acceptors (Lipinski definition) is 4. The first kappa shape index (κ1) is 19.5. The van der Waals surface area contributed by atoms with Gasteiger partial charge in [-0.2, -0.15) is 0 Å². The third-order valence-corrected chi connectivity index (χ3v) is 4.34. The predicted molar refractivity (Wildman–Crippen MR) is 102 cm³/mol. The van der Waals surface area contributed by atoms with Gasteiger partial charge in [0.15, 0.2) is 6.10 Å². The van der Waals surface area contributed by atoms with E-state index in [0.29, 0.717) is 11.7 Å². The highest BCUT2D eigenvalue weighted by Crippen LogP contribution is 2.27. The molecule has 2 aromatic rings. The largest absolute Gasteiger partial charge is 0.496 e. The lowest BCUT2D eigenvalue weighted by molar-refractivity contribution is -0.123. The van der Waals surface area contributed by atoms with Gasteiger partial charge in [-0.3, -0.25) is 4.79 Å². The Labute approximate surface area is 154 Å². The van der Waals surface area contributed by atoms with Crippen molar-refractivity contribution in [2.45, 2.75) is 39.2 Å². The van der Waals surface area contributed by atoms with Gasteiger partial charge < -0.3 is 14.8 Å². The summed E-state index contributed by atoms with van der Waals surface area (Å²) in [5.74, 6) is -0.241. The Morgan fingerprint density at radius 1 is 1.04 bits per heavy atom. The number of carbonyl (C=O) groups excluding carboxylic acids is 2. The fraction of sp³-hybridized carbons (Fsp3) is 0.333. The van der Waals surface area contributed by atoms with E-state index >= 15 is 0 Å². The van der Waals surface area contributed by atoms with Gasteiger partial charge in [0.25, 0.3) is 5.91 Å². The van der Waals surface area contributed by atoms with Crippen molar-refractivity contribution >= 4 is 17.6 Å². The molecule has 5 nitrogen and oxygen atoms in total. The Morgan fingerprint density at radius 3 is 2.38 bits per heavy atom. The van der Waals surface area contributed by atoms with Crippen LogP contribution in [0, 0.1) is 0 Å². The van der Waals surface area contributed by atoms with Crippen LogP contribution in [-0.2, 0) is 9.53 Å². The summed E-state index contributed by atoms with van der Waals surface area (Å²) in [7, 11) is 1.48. The van der Waals surface area contributed by atoms with Gasteiger partial charge in [-0.05, 0) is 43.0 Å². The number of anilines is 1. The Hall–Kier alpha value is -2.82. The van der Waals surface area contributed by atoms with E-state index in [1.54, 1.807) is 31.2 Å². The van der Waals surface area contributed by atoms with E-state index in [1.807, 2.05) is 24.3 Å². The number of amides is 1. The van der Waals surface area contributed by atoms with E-state index in [-0.39, 0.29) is 11.5 Å². The zero-order valence-electron chi connectivity index (χ0n) is 15.6. The van der Waals surface area contributed by atoms with E-state index < -0.39 is 12.1 Å². The topological polar surface area (TPSA) is 64.6 Å². The molecule has 0 saturated carbocycles. The molecule has 0 spiro atoms. The summed E-state index contributed by atoms with van der Waals surface area (Å²) in [6.45, 7) is 5.76. The minimum absolute atomic E-state index is 0.287. The molecule has 138 valence electrons. The van der Waals surface area contributed by atoms with Gasteiger partial charge in [-0.25, -0.2) is 4.79 Å². The number of rotatable bonds is 7. The molecule has 2 atom stereocenters. The van der Waals surface area contributed by atoms with Gasteiger partial charge in [0.05, 0.1) is 7.11 Å². The zero-order valence-corrected chi connectivity index (χ0v) is 15.6. The van der Waals surface area contributed by atoms with E-state index in [9.17, 15) is 9.59 Å². The first-order chi connectivity index (χ1) is 12.5. The predicted octanol–water partition coefficient (Wildman–Crippen LogP) is 4.39. The normalized spacial score (nSPS) is 12.8. The molecule has 26 heavy (non-hydrogen) atoms. The smallest absolute Gasteiger partial charge is 0.342 e. The monoisotopic (exact) mass is 355 g/mol. The highest BCUT2D eigenvalue weighted by Gasteiger charge is 2.22. The van der Waals surface area contributed by atoms with E-state index in [4.69, 9.17) is 9.47 Å². The summed E-state index contributed by atoms with van der Waals surface area (Å²) in [6, 6.07) is 14.4. The minimum Gasteiger partial charge on any atom is -0.496 e. The van der Waals surface area contributed by atoms with Gasteiger partial charge in [0, 0.05) is 5.69 Å². The molecule has 0 heterocycles. The summed E-state index contributed by atoms with van der Waals surface area (Å²) in [5, 5.41) is 2.86. The molecule has 5 heteroatoms.